The molecule has 5 heteroatoms. The van der Waals surface area contributed by atoms with Gasteiger partial charge in [-0.1, -0.05) is 42.5 Å². The van der Waals surface area contributed by atoms with Crippen molar-refractivity contribution >= 4 is 22.9 Å². The van der Waals surface area contributed by atoms with Crippen LogP contribution in [-0.4, -0.2) is 22.0 Å². The molecule has 0 atom stereocenters. The first-order chi connectivity index (χ1) is 10.7. The topological polar surface area (TPSA) is 72.9 Å². The second-order valence-electron chi connectivity index (χ2n) is 5.13. The van der Waals surface area contributed by atoms with Gasteiger partial charge in [-0.3, -0.25) is 4.79 Å². The quantitative estimate of drug-likeness (QED) is 0.755. The van der Waals surface area contributed by atoms with Crippen LogP contribution in [-0.2, 0) is 17.8 Å². The molecule has 1 aromatic heterocycles. The summed E-state index contributed by atoms with van der Waals surface area (Å²) >= 11 is 0. The van der Waals surface area contributed by atoms with Crippen molar-refractivity contribution in [3.63, 3.8) is 0 Å². The van der Waals surface area contributed by atoms with Crippen LogP contribution in [0.2, 0.25) is 0 Å². The average Bonchev–Trinajstić information content (AvgIpc) is 2.84. The van der Waals surface area contributed by atoms with Crippen LogP contribution in [0.1, 0.15) is 5.56 Å². The maximum atomic E-state index is 12.1. The summed E-state index contributed by atoms with van der Waals surface area (Å²) in [4.78, 5) is 16.3. The van der Waals surface area contributed by atoms with E-state index in [2.05, 4.69) is 10.3 Å². The minimum atomic E-state index is -0.0641. The molecule has 0 spiro atoms. The van der Waals surface area contributed by atoms with Crippen molar-refractivity contribution in [3.8, 4) is 0 Å². The molecule has 0 radical (unpaired) electrons. The van der Waals surface area contributed by atoms with Crippen LogP contribution < -0.4 is 11.1 Å². The van der Waals surface area contributed by atoms with Gasteiger partial charge in [0.15, 0.2) is 0 Å². The van der Waals surface area contributed by atoms with Gasteiger partial charge in [0, 0.05) is 6.54 Å². The largest absolute Gasteiger partial charge is 0.369 e. The van der Waals surface area contributed by atoms with Gasteiger partial charge in [0.2, 0.25) is 11.9 Å². The van der Waals surface area contributed by atoms with Crippen LogP contribution >= 0.6 is 0 Å². The van der Waals surface area contributed by atoms with E-state index in [1.807, 2.05) is 54.6 Å². The number of amides is 1. The van der Waals surface area contributed by atoms with Gasteiger partial charge in [0.1, 0.15) is 6.54 Å². The van der Waals surface area contributed by atoms with Crippen molar-refractivity contribution in [1.82, 2.24) is 14.9 Å². The van der Waals surface area contributed by atoms with E-state index >= 15 is 0 Å². The lowest BCUT2D eigenvalue weighted by molar-refractivity contribution is -0.121. The second-order valence-corrected chi connectivity index (χ2v) is 5.13. The lowest BCUT2D eigenvalue weighted by atomic mass is 10.1. The molecular weight excluding hydrogens is 276 g/mol. The Labute approximate surface area is 128 Å². The molecule has 5 nitrogen and oxygen atoms in total. The van der Waals surface area contributed by atoms with Gasteiger partial charge in [-0.2, -0.15) is 0 Å². The second kappa shape index (κ2) is 6.30. The maximum Gasteiger partial charge on any atom is 0.240 e. The third-order valence-corrected chi connectivity index (χ3v) is 3.56. The molecule has 3 N–H and O–H groups in total. The molecule has 22 heavy (non-hydrogen) atoms. The Morgan fingerprint density at radius 1 is 1.09 bits per heavy atom. The molecule has 112 valence electrons. The zero-order valence-corrected chi connectivity index (χ0v) is 12.2. The number of fused-ring (bicyclic) bond motifs is 1. The van der Waals surface area contributed by atoms with Crippen molar-refractivity contribution in [1.29, 1.82) is 0 Å². The lowest BCUT2D eigenvalue weighted by Gasteiger charge is -2.08. The summed E-state index contributed by atoms with van der Waals surface area (Å²) in [5.41, 5.74) is 8.77. The van der Waals surface area contributed by atoms with E-state index in [1.54, 1.807) is 4.57 Å². The van der Waals surface area contributed by atoms with E-state index in [0.29, 0.717) is 12.5 Å². The highest BCUT2D eigenvalue weighted by molar-refractivity contribution is 5.82. The fourth-order valence-corrected chi connectivity index (χ4v) is 2.45. The minimum absolute atomic E-state index is 0.0641. The zero-order chi connectivity index (χ0) is 15.4. The number of nitrogens with one attached hydrogen (secondary N) is 1. The molecule has 0 unspecified atom stereocenters. The number of hydrogen-bond donors (Lipinski definition) is 2. The Morgan fingerprint density at radius 2 is 1.82 bits per heavy atom. The number of hydrogen-bond acceptors (Lipinski definition) is 3. The minimum Gasteiger partial charge on any atom is -0.369 e. The Morgan fingerprint density at radius 3 is 2.64 bits per heavy atom. The van der Waals surface area contributed by atoms with E-state index in [9.17, 15) is 4.79 Å². The molecule has 0 aliphatic rings. The third-order valence-electron chi connectivity index (χ3n) is 3.56. The van der Waals surface area contributed by atoms with Crippen LogP contribution in [0.3, 0.4) is 0 Å². The van der Waals surface area contributed by atoms with Crippen LogP contribution in [0, 0.1) is 0 Å². The predicted octanol–water partition coefficient (Wildman–Crippen LogP) is 1.98. The highest BCUT2D eigenvalue weighted by atomic mass is 16.1. The molecular formula is C17H18N4O. The van der Waals surface area contributed by atoms with Crippen LogP contribution in [0.15, 0.2) is 54.6 Å². The monoisotopic (exact) mass is 294 g/mol. The van der Waals surface area contributed by atoms with E-state index < -0.39 is 0 Å². The number of nitrogens with two attached hydrogens (primary N) is 1. The van der Waals surface area contributed by atoms with Gasteiger partial charge in [0.25, 0.3) is 0 Å². The number of carbonyl (C=O) groups is 1. The highest BCUT2D eigenvalue weighted by Gasteiger charge is 2.10. The number of carbonyl (C=O) groups excluding carboxylic acids is 1. The first kappa shape index (κ1) is 14.1. The molecule has 2 aromatic carbocycles. The molecule has 3 rings (SSSR count). The van der Waals surface area contributed by atoms with E-state index in [4.69, 9.17) is 5.73 Å². The number of imidazole rings is 1. The van der Waals surface area contributed by atoms with Crippen molar-refractivity contribution in [2.75, 3.05) is 12.3 Å². The number of benzene rings is 2. The average molecular weight is 294 g/mol. The molecule has 0 aliphatic heterocycles. The van der Waals surface area contributed by atoms with Gasteiger partial charge >= 0.3 is 0 Å². The van der Waals surface area contributed by atoms with E-state index in [-0.39, 0.29) is 12.5 Å². The molecule has 3 aromatic rings. The Balaban J connectivity index is 1.60. The fourth-order valence-electron chi connectivity index (χ4n) is 2.45. The number of rotatable bonds is 5. The van der Waals surface area contributed by atoms with E-state index in [1.165, 1.54) is 5.56 Å². The lowest BCUT2D eigenvalue weighted by Crippen LogP contribution is -2.29. The standard InChI is InChI=1S/C17H18N4O/c18-17-20-14-8-4-5-9-15(14)21(17)12-16(22)19-11-10-13-6-2-1-3-7-13/h1-9H,10-12H2,(H2,18,20)(H,19,22). The summed E-state index contributed by atoms with van der Waals surface area (Å²) in [5, 5.41) is 2.92. The number of anilines is 1. The molecule has 0 saturated heterocycles. The fraction of sp³-hybridized carbons (Fsp3) is 0.176. The molecule has 0 fully saturated rings. The SMILES string of the molecule is Nc1nc2ccccc2n1CC(=O)NCCc1ccccc1. The molecule has 1 amide bonds. The van der Waals surface area contributed by atoms with E-state index in [0.717, 1.165) is 17.5 Å². The van der Waals surface area contributed by atoms with Gasteiger partial charge in [-0.05, 0) is 24.1 Å². The highest BCUT2D eigenvalue weighted by Crippen LogP contribution is 2.16. The van der Waals surface area contributed by atoms with Crippen LogP contribution in [0.25, 0.3) is 11.0 Å². The first-order valence-corrected chi connectivity index (χ1v) is 7.25. The van der Waals surface area contributed by atoms with Crippen molar-refractivity contribution in [2.24, 2.45) is 0 Å². The smallest absolute Gasteiger partial charge is 0.240 e. The summed E-state index contributed by atoms with van der Waals surface area (Å²) in [5.74, 6) is 0.296. The molecule has 1 heterocycles. The van der Waals surface area contributed by atoms with Gasteiger partial charge < -0.3 is 15.6 Å². The van der Waals surface area contributed by atoms with Crippen molar-refractivity contribution in [3.05, 3.63) is 60.2 Å². The number of aromatic nitrogens is 2. The summed E-state index contributed by atoms with van der Waals surface area (Å²) < 4.78 is 1.73. The van der Waals surface area contributed by atoms with Gasteiger partial charge in [0.05, 0.1) is 11.0 Å². The predicted molar refractivity (Wildman–Crippen MR) is 87.3 cm³/mol. The first-order valence-electron chi connectivity index (χ1n) is 7.25. The zero-order valence-electron chi connectivity index (χ0n) is 12.2. The van der Waals surface area contributed by atoms with Gasteiger partial charge in [-0.25, -0.2) is 4.98 Å². The van der Waals surface area contributed by atoms with Crippen molar-refractivity contribution < 1.29 is 4.79 Å². The molecule has 0 bridgehead atoms. The van der Waals surface area contributed by atoms with Crippen molar-refractivity contribution in [2.45, 2.75) is 13.0 Å². The summed E-state index contributed by atoms with van der Waals surface area (Å²) in [6.45, 7) is 0.788. The summed E-state index contributed by atoms with van der Waals surface area (Å²) in [6, 6.07) is 17.7. The third kappa shape index (κ3) is 3.09. The molecule has 0 aliphatic carbocycles. The molecule has 0 saturated carbocycles. The summed E-state index contributed by atoms with van der Waals surface area (Å²) in [6.07, 6.45) is 0.812. The van der Waals surface area contributed by atoms with Crippen LogP contribution in [0.4, 0.5) is 5.95 Å². The van der Waals surface area contributed by atoms with Crippen LogP contribution in [0.5, 0.6) is 0 Å². The summed E-state index contributed by atoms with van der Waals surface area (Å²) in [7, 11) is 0. The number of nitrogens with zero attached hydrogens (tertiary/aromatic N) is 2. The Bertz CT molecular complexity index is 780. The number of para-hydroxylation sites is 2. The number of nitrogen functional groups attached to an aromatic ring is 1. The maximum absolute atomic E-state index is 12.1. The van der Waals surface area contributed by atoms with Gasteiger partial charge in [-0.15, -0.1) is 0 Å². The Kier molecular flexibility index (Phi) is 4.05. The Hall–Kier alpha value is -2.82. The normalized spacial score (nSPS) is 10.7.